The Hall–Kier alpha value is -0.120. The number of rotatable bonds is 13. The molecule has 3 atom stereocenters. The Morgan fingerprint density at radius 1 is 0.789 bits per heavy atom. The molecule has 0 spiro atoms. The summed E-state index contributed by atoms with van der Waals surface area (Å²) in [4.78, 5) is 0. The van der Waals surface area contributed by atoms with Crippen LogP contribution in [0, 0.1) is 0 Å². The Balaban J connectivity index is 4.19. The highest BCUT2D eigenvalue weighted by Gasteiger charge is 2.18. The SMILES string of the molecule is CCCCCC(CC)OC(CCC)OC(CC)CO. The first kappa shape index (κ1) is 18.9. The van der Waals surface area contributed by atoms with E-state index in [1.165, 1.54) is 19.3 Å². The summed E-state index contributed by atoms with van der Waals surface area (Å²) in [6.45, 7) is 8.63. The van der Waals surface area contributed by atoms with Crippen LogP contribution < -0.4 is 0 Å². The van der Waals surface area contributed by atoms with E-state index in [1.54, 1.807) is 0 Å². The number of aliphatic hydroxyl groups is 1. The summed E-state index contributed by atoms with van der Waals surface area (Å²) in [7, 11) is 0. The molecule has 0 saturated carbocycles. The molecular weight excluding hydrogens is 240 g/mol. The van der Waals surface area contributed by atoms with Gasteiger partial charge in [0.05, 0.1) is 18.8 Å². The van der Waals surface area contributed by atoms with Crippen LogP contribution in [-0.4, -0.2) is 30.2 Å². The van der Waals surface area contributed by atoms with Crippen molar-refractivity contribution in [2.75, 3.05) is 6.61 Å². The molecule has 0 heterocycles. The third-order valence-electron chi connectivity index (χ3n) is 3.46. The smallest absolute Gasteiger partial charge is 0.158 e. The quantitative estimate of drug-likeness (QED) is 0.402. The highest BCUT2D eigenvalue weighted by atomic mass is 16.7. The van der Waals surface area contributed by atoms with E-state index in [2.05, 4.69) is 20.8 Å². The van der Waals surface area contributed by atoms with E-state index >= 15 is 0 Å². The van der Waals surface area contributed by atoms with Crippen molar-refractivity contribution in [1.29, 1.82) is 0 Å². The first-order valence-electron chi connectivity index (χ1n) is 8.13. The van der Waals surface area contributed by atoms with Gasteiger partial charge in [0.25, 0.3) is 0 Å². The number of unbranched alkanes of at least 4 members (excludes halogenated alkanes) is 2. The van der Waals surface area contributed by atoms with E-state index in [-0.39, 0.29) is 19.0 Å². The largest absolute Gasteiger partial charge is 0.394 e. The molecule has 0 aromatic rings. The predicted molar refractivity (Wildman–Crippen MR) is 80.3 cm³/mol. The molecule has 0 rings (SSSR count). The molecule has 0 amide bonds. The van der Waals surface area contributed by atoms with Crippen molar-refractivity contribution in [2.24, 2.45) is 0 Å². The molecule has 3 nitrogen and oxygen atoms in total. The first-order chi connectivity index (χ1) is 9.21. The summed E-state index contributed by atoms with van der Waals surface area (Å²) >= 11 is 0. The van der Waals surface area contributed by atoms with Crippen LogP contribution in [-0.2, 0) is 9.47 Å². The molecule has 19 heavy (non-hydrogen) atoms. The van der Waals surface area contributed by atoms with Gasteiger partial charge in [-0.1, -0.05) is 53.4 Å². The number of hydrogen-bond donors (Lipinski definition) is 1. The topological polar surface area (TPSA) is 38.7 Å². The third-order valence-corrected chi connectivity index (χ3v) is 3.46. The zero-order valence-electron chi connectivity index (χ0n) is 13.4. The fourth-order valence-corrected chi connectivity index (χ4v) is 2.09. The lowest BCUT2D eigenvalue weighted by molar-refractivity contribution is -0.205. The summed E-state index contributed by atoms with van der Waals surface area (Å²) in [5, 5.41) is 9.23. The highest BCUT2D eigenvalue weighted by molar-refractivity contribution is 4.60. The lowest BCUT2D eigenvalue weighted by atomic mass is 10.1. The van der Waals surface area contributed by atoms with E-state index in [1.807, 2.05) is 6.92 Å². The molecule has 0 aliphatic rings. The second kappa shape index (κ2) is 12.9. The molecule has 3 heteroatoms. The summed E-state index contributed by atoms with van der Waals surface area (Å²) in [6, 6.07) is 0. The van der Waals surface area contributed by atoms with Gasteiger partial charge in [0, 0.05) is 0 Å². The van der Waals surface area contributed by atoms with E-state index < -0.39 is 0 Å². The maximum absolute atomic E-state index is 9.23. The molecule has 0 radical (unpaired) electrons. The number of hydrogen-bond acceptors (Lipinski definition) is 3. The van der Waals surface area contributed by atoms with Gasteiger partial charge in [-0.15, -0.1) is 0 Å². The Morgan fingerprint density at radius 2 is 1.42 bits per heavy atom. The van der Waals surface area contributed by atoms with E-state index in [4.69, 9.17) is 9.47 Å². The second-order valence-corrected chi connectivity index (χ2v) is 5.23. The molecule has 0 saturated heterocycles. The Morgan fingerprint density at radius 3 is 1.89 bits per heavy atom. The van der Waals surface area contributed by atoms with Crippen LogP contribution >= 0.6 is 0 Å². The van der Waals surface area contributed by atoms with Crippen molar-refractivity contribution >= 4 is 0 Å². The molecule has 116 valence electrons. The van der Waals surface area contributed by atoms with Crippen LogP contribution in [0.15, 0.2) is 0 Å². The zero-order valence-corrected chi connectivity index (χ0v) is 13.4. The number of aliphatic hydroxyl groups excluding tert-OH is 1. The normalized spacial score (nSPS) is 16.3. The molecule has 0 aliphatic heterocycles. The van der Waals surface area contributed by atoms with Crippen molar-refractivity contribution in [1.82, 2.24) is 0 Å². The second-order valence-electron chi connectivity index (χ2n) is 5.23. The van der Waals surface area contributed by atoms with E-state index in [9.17, 15) is 5.11 Å². The first-order valence-corrected chi connectivity index (χ1v) is 8.13. The third kappa shape index (κ3) is 9.42. The van der Waals surface area contributed by atoms with Gasteiger partial charge in [-0.3, -0.25) is 0 Å². The van der Waals surface area contributed by atoms with Gasteiger partial charge in [-0.05, 0) is 25.7 Å². The molecule has 0 aromatic heterocycles. The Kier molecular flexibility index (Phi) is 12.8. The highest BCUT2D eigenvalue weighted by Crippen LogP contribution is 2.17. The molecule has 0 aromatic carbocycles. The van der Waals surface area contributed by atoms with Crippen LogP contribution in [0.3, 0.4) is 0 Å². The molecule has 0 fully saturated rings. The van der Waals surface area contributed by atoms with E-state index in [0.29, 0.717) is 6.10 Å². The lowest BCUT2D eigenvalue weighted by Crippen LogP contribution is -2.30. The standard InChI is InChI=1S/C16H34O3/c1-5-9-10-12-14(7-3)18-16(11-6-2)19-15(8-4)13-17/h14-17H,5-13H2,1-4H3. The summed E-state index contributed by atoms with van der Waals surface area (Å²) < 4.78 is 11.9. The van der Waals surface area contributed by atoms with Gasteiger partial charge in [-0.25, -0.2) is 0 Å². The predicted octanol–water partition coefficient (Wildman–Crippen LogP) is 4.28. The Bertz CT molecular complexity index is 181. The average molecular weight is 274 g/mol. The van der Waals surface area contributed by atoms with Crippen molar-refractivity contribution < 1.29 is 14.6 Å². The van der Waals surface area contributed by atoms with Gasteiger partial charge >= 0.3 is 0 Å². The van der Waals surface area contributed by atoms with Crippen LogP contribution in [0.5, 0.6) is 0 Å². The van der Waals surface area contributed by atoms with Crippen LogP contribution in [0.1, 0.15) is 79.1 Å². The summed E-state index contributed by atoms with van der Waals surface area (Å²) in [5.74, 6) is 0. The van der Waals surface area contributed by atoms with Gasteiger partial charge in [-0.2, -0.15) is 0 Å². The van der Waals surface area contributed by atoms with Crippen molar-refractivity contribution in [3.05, 3.63) is 0 Å². The minimum absolute atomic E-state index is 0.0761. The van der Waals surface area contributed by atoms with Crippen molar-refractivity contribution in [3.8, 4) is 0 Å². The fraction of sp³-hybridized carbons (Fsp3) is 1.00. The van der Waals surface area contributed by atoms with Gasteiger partial charge in [0.1, 0.15) is 0 Å². The van der Waals surface area contributed by atoms with Crippen molar-refractivity contribution in [2.45, 2.75) is 97.6 Å². The minimum atomic E-state index is -0.159. The van der Waals surface area contributed by atoms with Crippen molar-refractivity contribution in [3.63, 3.8) is 0 Å². The molecular formula is C16H34O3. The van der Waals surface area contributed by atoms with Gasteiger partial charge in [0.2, 0.25) is 0 Å². The fourth-order valence-electron chi connectivity index (χ4n) is 2.09. The Labute approximate surface area is 119 Å². The zero-order chi connectivity index (χ0) is 14.5. The maximum atomic E-state index is 9.23. The van der Waals surface area contributed by atoms with Gasteiger partial charge in [0.15, 0.2) is 6.29 Å². The summed E-state index contributed by atoms with van der Waals surface area (Å²) in [5.41, 5.74) is 0. The van der Waals surface area contributed by atoms with Crippen LogP contribution in [0.25, 0.3) is 0 Å². The van der Waals surface area contributed by atoms with Gasteiger partial charge < -0.3 is 14.6 Å². The molecule has 0 bridgehead atoms. The maximum Gasteiger partial charge on any atom is 0.158 e. The average Bonchev–Trinajstić information content (AvgIpc) is 2.43. The molecule has 0 aliphatic carbocycles. The van der Waals surface area contributed by atoms with Crippen LogP contribution in [0.4, 0.5) is 0 Å². The van der Waals surface area contributed by atoms with E-state index in [0.717, 1.165) is 32.1 Å². The summed E-state index contributed by atoms with van der Waals surface area (Å²) in [6.07, 6.45) is 8.70. The monoisotopic (exact) mass is 274 g/mol. The minimum Gasteiger partial charge on any atom is -0.394 e. The van der Waals surface area contributed by atoms with Crippen LogP contribution in [0.2, 0.25) is 0 Å². The lowest BCUT2D eigenvalue weighted by Gasteiger charge is -2.27. The molecule has 1 N–H and O–H groups in total. The molecule has 3 unspecified atom stereocenters. The number of ether oxygens (including phenoxy) is 2.